The van der Waals surface area contributed by atoms with E-state index in [4.69, 9.17) is 9.47 Å². The van der Waals surface area contributed by atoms with Gasteiger partial charge in [-0.15, -0.1) is 0 Å². The molecule has 1 aromatic carbocycles. The summed E-state index contributed by atoms with van der Waals surface area (Å²) in [6.45, 7) is 2.93. The quantitative estimate of drug-likeness (QED) is 0.843. The van der Waals surface area contributed by atoms with Crippen LogP contribution >= 0.6 is 0 Å². The number of hydrogen-bond acceptors (Lipinski definition) is 4. The molecule has 5 nitrogen and oxygen atoms in total. The van der Waals surface area contributed by atoms with Crippen molar-refractivity contribution in [2.75, 3.05) is 7.11 Å². The first-order valence-electron chi connectivity index (χ1n) is 8.71. The molecule has 3 rings (SSSR count). The van der Waals surface area contributed by atoms with E-state index in [9.17, 15) is 0 Å². The summed E-state index contributed by atoms with van der Waals surface area (Å²) in [5, 5.41) is 7.76. The summed E-state index contributed by atoms with van der Waals surface area (Å²) < 4.78 is 13.4. The van der Waals surface area contributed by atoms with Crippen molar-refractivity contribution in [3.8, 4) is 11.5 Å². The molecule has 0 amide bonds. The highest BCUT2D eigenvalue weighted by atomic mass is 16.5. The number of aryl methyl sites for hydroxylation is 1. The van der Waals surface area contributed by atoms with Gasteiger partial charge < -0.3 is 14.8 Å². The van der Waals surface area contributed by atoms with Crippen molar-refractivity contribution in [3.63, 3.8) is 0 Å². The second-order valence-electron chi connectivity index (χ2n) is 6.56. The van der Waals surface area contributed by atoms with Crippen LogP contribution in [0.25, 0.3) is 0 Å². The van der Waals surface area contributed by atoms with Crippen LogP contribution in [0.4, 0.5) is 0 Å². The van der Waals surface area contributed by atoms with E-state index in [0.29, 0.717) is 6.10 Å². The molecule has 1 aliphatic carbocycles. The number of nitrogens with zero attached hydrogens (tertiary/aromatic N) is 2. The highest BCUT2D eigenvalue weighted by molar-refractivity contribution is 5.43. The summed E-state index contributed by atoms with van der Waals surface area (Å²) in [4.78, 5) is 0. The van der Waals surface area contributed by atoms with Gasteiger partial charge in [0.25, 0.3) is 0 Å². The van der Waals surface area contributed by atoms with Crippen LogP contribution in [0.5, 0.6) is 11.5 Å². The molecule has 1 heterocycles. The Morgan fingerprint density at radius 1 is 1.29 bits per heavy atom. The SMILES string of the molecule is COc1ccc(CN[C@H](C)c2cnn(C)c2)cc1OC1CCCC1. The first-order chi connectivity index (χ1) is 11.7. The lowest BCUT2D eigenvalue weighted by molar-refractivity contribution is 0.200. The van der Waals surface area contributed by atoms with E-state index in [-0.39, 0.29) is 6.04 Å². The molecule has 1 N–H and O–H groups in total. The molecule has 1 atom stereocenters. The fourth-order valence-electron chi connectivity index (χ4n) is 3.16. The number of benzene rings is 1. The third-order valence-corrected chi connectivity index (χ3v) is 4.66. The molecule has 5 heteroatoms. The predicted molar refractivity (Wildman–Crippen MR) is 94.3 cm³/mol. The first kappa shape index (κ1) is 16.8. The van der Waals surface area contributed by atoms with Gasteiger partial charge in [-0.2, -0.15) is 5.10 Å². The van der Waals surface area contributed by atoms with Gasteiger partial charge in [-0.25, -0.2) is 0 Å². The van der Waals surface area contributed by atoms with Gasteiger partial charge in [0, 0.05) is 31.4 Å². The van der Waals surface area contributed by atoms with Gasteiger partial charge in [0.15, 0.2) is 11.5 Å². The number of nitrogens with one attached hydrogen (secondary N) is 1. The van der Waals surface area contributed by atoms with Crippen LogP contribution in [-0.4, -0.2) is 23.0 Å². The lowest BCUT2D eigenvalue weighted by Gasteiger charge is -2.18. The van der Waals surface area contributed by atoms with Crippen LogP contribution in [0.3, 0.4) is 0 Å². The lowest BCUT2D eigenvalue weighted by atomic mass is 10.1. The molecule has 1 fully saturated rings. The van der Waals surface area contributed by atoms with Gasteiger partial charge >= 0.3 is 0 Å². The number of methoxy groups -OCH3 is 1. The maximum absolute atomic E-state index is 6.17. The van der Waals surface area contributed by atoms with E-state index in [2.05, 4.69) is 29.5 Å². The zero-order chi connectivity index (χ0) is 16.9. The van der Waals surface area contributed by atoms with E-state index >= 15 is 0 Å². The summed E-state index contributed by atoms with van der Waals surface area (Å²) in [5.41, 5.74) is 2.38. The van der Waals surface area contributed by atoms with Crippen molar-refractivity contribution < 1.29 is 9.47 Å². The molecule has 0 spiro atoms. The highest BCUT2D eigenvalue weighted by Crippen LogP contribution is 2.32. The molecular weight excluding hydrogens is 302 g/mol. The van der Waals surface area contributed by atoms with Crippen molar-refractivity contribution in [1.29, 1.82) is 0 Å². The normalized spacial score (nSPS) is 16.3. The molecule has 0 radical (unpaired) electrons. The van der Waals surface area contributed by atoms with Crippen molar-refractivity contribution in [2.45, 2.75) is 51.3 Å². The van der Waals surface area contributed by atoms with E-state index in [0.717, 1.165) is 30.9 Å². The van der Waals surface area contributed by atoms with Crippen LogP contribution in [0.2, 0.25) is 0 Å². The molecule has 0 saturated heterocycles. The van der Waals surface area contributed by atoms with Crippen molar-refractivity contribution in [2.24, 2.45) is 7.05 Å². The topological polar surface area (TPSA) is 48.3 Å². The Labute approximate surface area is 144 Å². The Kier molecular flexibility index (Phi) is 5.41. The van der Waals surface area contributed by atoms with Crippen LogP contribution in [-0.2, 0) is 13.6 Å². The Morgan fingerprint density at radius 2 is 2.08 bits per heavy atom. The van der Waals surface area contributed by atoms with Gasteiger partial charge in [0.1, 0.15) is 0 Å². The maximum Gasteiger partial charge on any atom is 0.161 e. The van der Waals surface area contributed by atoms with Crippen LogP contribution in [0, 0.1) is 0 Å². The first-order valence-corrected chi connectivity index (χ1v) is 8.71. The number of hydrogen-bond donors (Lipinski definition) is 1. The number of aromatic nitrogens is 2. The Bertz CT molecular complexity index is 662. The minimum absolute atomic E-state index is 0.250. The third kappa shape index (κ3) is 4.09. The van der Waals surface area contributed by atoms with Gasteiger partial charge in [-0.05, 0) is 50.3 Å². The molecule has 130 valence electrons. The second kappa shape index (κ2) is 7.71. The maximum atomic E-state index is 6.17. The highest BCUT2D eigenvalue weighted by Gasteiger charge is 2.18. The van der Waals surface area contributed by atoms with Gasteiger partial charge in [-0.3, -0.25) is 4.68 Å². The monoisotopic (exact) mass is 329 g/mol. The Morgan fingerprint density at radius 3 is 2.75 bits per heavy atom. The molecule has 0 unspecified atom stereocenters. The zero-order valence-corrected chi connectivity index (χ0v) is 14.8. The molecule has 24 heavy (non-hydrogen) atoms. The summed E-state index contributed by atoms with van der Waals surface area (Å²) in [7, 11) is 3.63. The Balaban J connectivity index is 1.64. The van der Waals surface area contributed by atoms with E-state index < -0.39 is 0 Å². The minimum atomic E-state index is 0.250. The van der Waals surface area contributed by atoms with Gasteiger partial charge in [0.05, 0.1) is 19.4 Å². The summed E-state index contributed by atoms with van der Waals surface area (Å²) in [5.74, 6) is 1.67. The van der Waals surface area contributed by atoms with Crippen LogP contribution < -0.4 is 14.8 Å². The van der Waals surface area contributed by atoms with Gasteiger partial charge in [0.2, 0.25) is 0 Å². The average molecular weight is 329 g/mol. The summed E-state index contributed by atoms with van der Waals surface area (Å²) >= 11 is 0. The third-order valence-electron chi connectivity index (χ3n) is 4.66. The van der Waals surface area contributed by atoms with E-state index in [1.54, 1.807) is 7.11 Å². The smallest absolute Gasteiger partial charge is 0.161 e. The average Bonchev–Trinajstić information content (AvgIpc) is 3.24. The van der Waals surface area contributed by atoms with Crippen LogP contribution in [0.1, 0.15) is 49.8 Å². The van der Waals surface area contributed by atoms with Crippen molar-refractivity contribution in [3.05, 3.63) is 41.7 Å². The predicted octanol–water partition coefficient (Wildman–Crippen LogP) is 3.60. The lowest BCUT2D eigenvalue weighted by Crippen LogP contribution is -2.18. The molecule has 0 aliphatic heterocycles. The van der Waals surface area contributed by atoms with E-state index in [1.807, 2.05) is 30.2 Å². The molecule has 1 aliphatic rings. The molecule has 1 aromatic heterocycles. The fourth-order valence-corrected chi connectivity index (χ4v) is 3.16. The standard InChI is InChI=1S/C19H27N3O2/c1-14(16-12-21-22(2)13-16)20-11-15-8-9-18(23-3)19(10-15)24-17-6-4-5-7-17/h8-10,12-14,17,20H,4-7,11H2,1-3H3/t14-/m1/s1. The molecule has 1 saturated carbocycles. The van der Waals surface area contributed by atoms with Gasteiger partial charge in [-0.1, -0.05) is 6.07 Å². The number of rotatable bonds is 7. The summed E-state index contributed by atoms with van der Waals surface area (Å²) in [6, 6.07) is 6.43. The molecule has 2 aromatic rings. The van der Waals surface area contributed by atoms with Crippen LogP contribution in [0.15, 0.2) is 30.6 Å². The summed E-state index contributed by atoms with van der Waals surface area (Å²) in [6.07, 6.45) is 9.08. The van der Waals surface area contributed by atoms with E-state index in [1.165, 1.54) is 24.0 Å². The zero-order valence-electron chi connectivity index (χ0n) is 14.8. The van der Waals surface area contributed by atoms with Crippen molar-refractivity contribution >= 4 is 0 Å². The fraction of sp³-hybridized carbons (Fsp3) is 0.526. The minimum Gasteiger partial charge on any atom is -0.493 e. The molecular formula is C19H27N3O2. The second-order valence-corrected chi connectivity index (χ2v) is 6.56. The Hall–Kier alpha value is -2.01. The number of ether oxygens (including phenoxy) is 2. The molecule has 0 bridgehead atoms. The largest absolute Gasteiger partial charge is 0.493 e. The van der Waals surface area contributed by atoms with Crippen molar-refractivity contribution in [1.82, 2.24) is 15.1 Å².